The van der Waals surface area contributed by atoms with Gasteiger partial charge >= 0.3 is 0 Å². The van der Waals surface area contributed by atoms with Crippen molar-refractivity contribution in [1.82, 2.24) is 10.2 Å². The number of rotatable bonds is 4. The van der Waals surface area contributed by atoms with E-state index < -0.39 is 0 Å². The van der Waals surface area contributed by atoms with E-state index in [0.29, 0.717) is 0 Å². The van der Waals surface area contributed by atoms with Crippen molar-refractivity contribution < 1.29 is 4.79 Å². The summed E-state index contributed by atoms with van der Waals surface area (Å²) >= 11 is 0. The molecule has 3 aromatic rings. The summed E-state index contributed by atoms with van der Waals surface area (Å²) in [7, 11) is 0. The number of fused-ring (bicyclic) bond motifs is 1. The smallest absolute Gasteiger partial charge is 0.252 e. The average Bonchev–Trinajstić information content (AvgIpc) is 2.68. The molecule has 1 N–H and O–H groups in total. The van der Waals surface area contributed by atoms with Crippen LogP contribution in [0.25, 0.3) is 10.8 Å². The van der Waals surface area contributed by atoms with Gasteiger partial charge in [0.15, 0.2) is 0 Å². The minimum Gasteiger partial charge on any atom is -0.348 e. The van der Waals surface area contributed by atoms with Crippen LogP contribution in [0.3, 0.4) is 0 Å². The predicted octanol–water partition coefficient (Wildman–Crippen LogP) is 4.23. The van der Waals surface area contributed by atoms with Crippen LogP contribution in [-0.4, -0.2) is 29.9 Å². The topological polar surface area (TPSA) is 32.3 Å². The molecule has 1 atom stereocenters. The SMILES string of the molecule is O=C(NC1CCCN(Cc2ccccc2)C1)c1cccc2ccccc12. The molecule has 0 spiro atoms. The summed E-state index contributed by atoms with van der Waals surface area (Å²) in [6, 6.07) is 24.7. The van der Waals surface area contributed by atoms with E-state index in [-0.39, 0.29) is 11.9 Å². The molecule has 1 unspecified atom stereocenters. The number of benzene rings is 3. The lowest BCUT2D eigenvalue weighted by Gasteiger charge is -2.33. The Morgan fingerprint density at radius 2 is 1.73 bits per heavy atom. The second-order valence-electron chi connectivity index (χ2n) is 7.06. The normalized spacial score (nSPS) is 17.9. The maximum atomic E-state index is 12.9. The number of likely N-dealkylation sites (tertiary alicyclic amines) is 1. The van der Waals surface area contributed by atoms with E-state index in [4.69, 9.17) is 0 Å². The highest BCUT2D eigenvalue weighted by Gasteiger charge is 2.22. The molecular formula is C23H24N2O. The third-order valence-corrected chi connectivity index (χ3v) is 5.12. The van der Waals surface area contributed by atoms with Crippen LogP contribution in [-0.2, 0) is 6.54 Å². The molecule has 3 nitrogen and oxygen atoms in total. The van der Waals surface area contributed by atoms with E-state index in [0.717, 1.165) is 48.8 Å². The lowest BCUT2D eigenvalue weighted by Crippen LogP contribution is -2.47. The quantitative estimate of drug-likeness (QED) is 0.768. The van der Waals surface area contributed by atoms with E-state index in [9.17, 15) is 4.79 Å². The molecule has 1 fully saturated rings. The van der Waals surface area contributed by atoms with Gasteiger partial charge in [-0.3, -0.25) is 9.69 Å². The lowest BCUT2D eigenvalue weighted by molar-refractivity contribution is 0.0902. The van der Waals surface area contributed by atoms with Crippen molar-refractivity contribution in [3.63, 3.8) is 0 Å². The molecule has 0 radical (unpaired) electrons. The highest BCUT2D eigenvalue weighted by Crippen LogP contribution is 2.19. The van der Waals surface area contributed by atoms with Gasteiger partial charge in [0.05, 0.1) is 0 Å². The Hall–Kier alpha value is -2.65. The molecule has 1 heterocycles. The molecule has 1 saturated heterocycles. The summed E-state index contributed by atoms with van der Waals surface area (Å²) in [6.07, 6.45) is 2.16. The number of amides is 1. The van der Waals surface area contributed by atoms with Gasteiger partial charge in [-0.1, -0.05) is 66.7 Å². The highest BCUT2D eigenvalue weighted by molar-refractivity contribution is 6.07. The fourth-order valence-electron chi connectivity index (χ4n) is 3.85. The summed E-state index contributed by atoms with van der Waals surface area (Å²) in [5.74, 6) is 0.0355. The second kappa shape index (κ2) is 7.71. The number of nitrogens with one attached hydrogen (secondary N) is 1. The first-order valence-corrected chi connectivity index (χ1v) is 9.34. The van der Waals surface area contributed by atoms with Crippen molar-refractivity contribution >= 4 is 16.7 Å². The average molecular weight is 344 g/mol. The standard InChI is InChI=1S/C23H24N2O/c26-23(22-14-6-11-19-10-4-5-13-21(19)22)24-20-12-7-15-25(17-20)16-18-8-2-1-3-9-18/h1-6,8-11,13-14,20H,7,12,15-17H2,(H,24,26). The summed E-state index contributed by atoms with van der Waals surface area (Å²) in [5.41, 5.74) is 2.09. The van der Waals surface area contributed by atoms with Gasteiger partial charge in [0.25, 0.3) is 5.91 Å². The fourth-order valence-corrected chi connectivity index (χ4v) is 3.85. The van der Waals surface area contributed by atoms with Crippen LogP contribution in [0.15, 0.2) is 72.8 Å². The molecule has 3 heteroatoms. The molecule has 4 rings (SSSR count). The Balaban J connectivity index is 1.44. The molecular weight excluding hydrogens is 320 g/mol. The van der Waals surface area contributed by atoms with Crippen LogP contribution in [0.2, 0.25) is 0 Å². The number of piperidine rings is 1. The van der Waals surface area contributed by atoms with Crippen molar-refractivity contribution in [1.29, 1.82) is 0 Å². The van der Waals surface area contributed by atoms with Crippen molar-refractivity contribution in [2.24, 2.45) is 0 Å². The van der Waals surface area contributed by atoms with Crippen LogP contribution in [0.5, 0.6) is 0 Å². The van der Waals surface area contributed by atoms with E-state index in [1.54, 1.807) is 0 Å². The monoisotopic (exact) mass is 344 g/mol. The summed E-state index contributed by atoms with van der Waals surface area (Å²) in [4.78, 5) is 15.3. The second-order valence-corrected chi connectivity index (χ2v) is 7.06. The largest absolute Gasteiger partial charge is 0.348 e. The number of hydrogen-bond acceptors (Lipinski definition) is 2. The van der Waals surface area contributed by atoms with Gasteiger partial charge in [0, 0.05) is 24.7 Å². The molecule has 1 aliphatic rings. The molecule has 0 bridgehead atoms. The van der Waals surface area contributed by atoms with Gasteiger partial charge in [-0.2, -0.15) is 0 Å². The predicted molar refractivity (Wildman–Crippen MR) is 106 cm³/mol. The minimum absolute atomic E-state index is 0.0355. The van der Waals surface area contributed by atoms with E-state index in [2.05, 4.69) is 34.5 Å². The van der Waals surface area contributed by atoms with E-state index in [1.165, 1.54) is 5.56 Å². The van der Waals surface area contributed by atoms with Crippen molar-refractivity contribution in [2.45, 2.75) is 25.4 Å². The van der Waals surface area contributed by atoms with Crippen molar-refractivity contribution in [3.8, 4) is 0 Å². The Kier molecular flexibility index (Phi) is 4.98. The van der Waals surface area contributed by atoms with Crippen LogP contribution in [0, 0.1) is 0 Å². The number of carbonyl (C=O) groups excluding carboxylic acids is 1. The van der Waals surface area contributed by atoms with Crippen LogP contribution >= 0.6 is 0 Å². The Bertz CT molecular complexity index is 886. The van der Waals surface area contributed by atoms with Gasteiger partial charge in [0.2, 0.25) is 0 Å². The molecule has 0 aromatic heterocycles. The fraction of sp³-hybridized carbons (Fsp3) is 0.261. The first-order valence-electron chi connectivity index (χ1n) is 9.34. The van der Waals surface area contributed by atoms with E-state index >= 15 is 0 Å². The van der Waals surface area contributed by atoms with Crippen molar-refractivity contribution in [2.75, 3.05) is 13.1 Å². The minimum atomic E-state index is 0.0355. The number of hydrogen-bond donors (Lipinski definition) is 1. The summed E-state index contributed by atoms with van der Waals surface area (Å²) < 4.78 is 0. The van der Waals surface area contributed by atoms with Gasteiger partial charge in [-0.25, -0.2) is 0 Å². The third kappa shape index (κ3) is 3.78. The van der Waals surface area contributed by atoms with Gasteiger partial charge in [-0.05, 0) is 41.8 Å². The van der Waals surface area contributed by atoms with E-state index in [1.807, 2.05) is 48.5 Å². The maximum absolute atomic E-state index is 12.9. The zero-order valence-electron chi connectivity index (χ0n) is 14.9. The molecule has 0 saturated carbocycles. The zero-order chi connectivity index (χ0) is 17.8. The molecule has 26 heavy (non-hydrogen) atoms. The Morgan fingerprint density at radius 1 is 0.962 bits per heavy atom. The Labute approximate surface area is 154 Å². The van der Waals surface area contributed by atoms with Crippen molar-refractivity contribution in [3.05, 3.63) is 83.9 Å². The van der Waals surface area contributed by atoms with Crippen LogP contribution in [0.1, 0.15) is 28.8 Å². The Morgan fingerprint density at radius 3 is 2.62 bits per heavy atom. The molecule has 1 amide bonds. The zero-order valence-corrected chi connectivity index (χ0v) is 14.9. The first kappa shape index (κ1) is 16.8. The van der Waals surface area contributed by atoms with Gasteiger partial charge in [0.1, 0.15) is 0 Å². The highest BCUT2D eigenvalue weighted by atomic mass is 16.1. The van der Waals surface area contributed by atoms with Gasteiger partial charge in [-0.15, -0.1) is 0 Å². The summed E-state index contributed by atoms with van der Waals surface area (Å²) in [6.45, 7) is 2.95. The van der Waals surface area contributed by atoms with Gasteiger partial charge < -0.3 is 5.32 Å². The van der Waals surface area contributed by atoms with Crippen LogP contribution in [0.4, 0.5) is 0 Å². The molecule has 132 valence electrons. The number of nitrogens with zero attached hydrogens (tertiary/aromatic N) is 1. The first-order chi connectivity index (χ1) is 12.8. The maximum Gasteiger partial charge on any atom is 0.252 e. The molecule has 0 aliphatic carbocycles. The number of carbonyl (C=O) groups is 1. The van der Waals surface area contributed by atoms with Crippen LogP contribution < -0.4 is 5.32 Å². The third-order valence-electron chi connectivity index (χ3n) is 5.12. The summed E-state index contributed by atoms with van der Waals surface area (Å²) in [5, 5.41) is 5.39. The lowest BCUT2D eigenvalue weighted by atomic mass is 10.0. The molecule has 3 aromatic carbocycles. The molecule has 1 aliphatic heterocycles.